The van der Waals surface area contributed by atoms with Crippen molar-refractivity contribution in [3.63, 3.8) is 0 Å². The maximum atomic E-state index is 11.3. The number of ketones is 1. The van der Waals surface area contributed by atoms with Gasteiger partial charge in [-0.15, -0.1) is 0 Å². The normalized spacial score (nSPS) is 20.8. The van der Waals surface area contributed by atoms with Gasteiger partial charge in [-0.1, -0.05) is 0 Å². The van der Waals surface area contributed by atoms with E-state index in [4.69, 9.17) is 4.74 Å². The third kappa shape index (κ3) is 3.66. The van der Waals surface area contributed by atoms with Crippen molar-refractivity contribution in [3.05, 3.63) is 30.3 Å². The van der Waals surface area contributed by atoms with Crippen LogP contribution in [0.2, 0.25) is 4.82 Å². The van der Waals surface area contributed by atoms with E-state index in [1.54, 1.807) is 0 Å². The molecule has 0 saturated heterocycles. The first-order chi connectivity index (χ1) is 7.84. The van der Waals surface area contributed by atoms with E-state index in [1.807, 2.05) is 30.3 Å². The molecule has 0 aromatic heterocycles. The molecule has 3 heteroatoms. The second kappa shape index (κ2) is 6.07. The Balaban J connectivity index is 1.70. The summed E-state index contributed by atoms with van der Waals surface area (Å²) >= 11 is 0.436. The number of Topliss-reactive ketones (excluding diaryl/α,β-unsaturated/α-hetero) is 1. The van der Waals surface area contributed by atoms with Gasteiger partial charge in [-0.3, -0.25) is 0 Å². The number of carbonyl (C=O) groups is 1. The van der Waals surface area contributed by atoms with Crippen LogP contribution in [0.15, 0.2) is 30.3 Å². The van der Waals surface area contributed by atoms with E-state index in [1.165, 1.54) is 6.42 Å². The molecule has 1 atom stereocenters. The molecule has 2 nitrogen and oxygen atoms in total. The van der Waals surface area contributed by atoms with Gasteiger partial charge >= 0.3 is 102 Å². The molecule has 0 radical (unpaired) electrons. The summed E-state index contributed by atoms with van der Waals surface area (Å²) in [5.41, 5.74) is 0.787. The molecule has 1 aliphatic rings. The van der Waals surface area contributed by atoms with Crippen molar-refractivity contribution in [2.24, 2.45) is 0 Å². The number of hydrogen-bond acceptors (Lipinski definition) is 2. The van der Waals surface area contributed by atoms with Crippen molar-refractivity contribution in [1.29, 1.82) is 0 Å². The fourth-order valence-corrected chi connectivity index (χ4v) is 4.01. The maximum absolute atomic E-state index is 11.3. The molecule has 2 rings (SSSR count). The summed E-state index contributed by atoms with van der Waals surface area (Å²) < 4.78 is 5.66. The number of hydrogen-bond donors (Lipinski definition) is 0. The standard InChI is InChI=1S/C13H16O2Se/c14-11-5-4-8-13(9-11)16-10-15-12-6-2-1-3-7-12/h1-3,6-7,13H,4-5,8-10H2. The second-order valence-electron chi connectivity index (χ2n) is 4.00. The summed E-state index contributed by atoms with van der Waals surface area (Å²) in [6.07, 6.45) is 3.88. The summed E-state index contributed by atoms with van der Waals surface area (Å²) in [6, 6.07) is 9.89. The van der Waals surface area contributed by atoms with Gasteiger partial charge in [0, 0.05) is 0 Å². The fourth-order valence-electron chi connectivity index (χ4n) is 1.84. The van der Waals surface area contributed by atoms with Crippen LogP contribution in [0.3, 0.4) is 0 Å². The second-order valence-corrected chi connectivity index (χ2v) is 6.59. The first kappa shape index (κ1) is 11.7. The van der Waals surface area contributed by atoms with Gasteiger partial charge in [-0.2, -0.15) is 0 Å². The van der Waals surface area contributed by atoms with E-state index in [-0.39, 0.29) is 0 Å². The van der Waals surface area contributed by atoms with Crippen LogP contribution in [0, 0.1) is 0 Å². The number of carbonyl (C=O) groups excluding carboxylic acids is 1. The summed E-state index contributed by atoms with van der Waals surface area (Å²) in [6.45, 7) is 0. The molecule has 1 aromatic carbocycles. The van der Waals surface area contributed by atoms with Crippen molar-refractivity contribution in [3.8, 4) is 5.75 Å². The van der Waals surface area contributed by atoms with Crippen molar-refractivity contribution >= 4 is 20.7 Å². The Labute approximate surface area is 103 Å². The molecule has 0 bridgehead atoms. The Morgan fingerprint density at radius 3 is 2.88 bits per heavy atom. The molecule has 1 fully saturated rings. The van der Waals surface area contributed by atoms with Crippen molar-refractivity contribution in [2.45, 2.75) is 30.5 Å². The molecule has 0 heterocycles. The summed E-state index contributed by atoms with van der Waals surface area (Å²) in [4.78, 5) is 11.9. The SMILES string of the molecule is O=C1CCCC([Se]COc2ccccc2)C1. The minimum absolute atomic E-state index is 0.436. The molecule has 1 aromatic rings. The fraction of sp³-hybridized carbons (Fsp3) is 0.462. The first-order valence-electron chi connectivity index (χ1n) is 5.66. The van der Waals surface area contributed by atoms with E-state index in [0.29, 0.717) is 25.6 Å². The third-order valence-corrected chi connectivity index (χ3v) is 5.08. The molecule has 86 valence electrons. The van der Waals surface area contributed by atoms with Crippen LogP contribution in [0.25, 0.3) is 0 Å². The molecule has 16 heavy (non-hydrogen) atoms. The topological polar surface area (TPSA) is 26.3 Å². The Morgan fingerprint density at radius 1 is 1.31 bits per heavy atom. The van der Waals surface area contributed by atoms with Crippen molar-refractivity contribution in [1.82, 2.24) is 0 Å². The van der Waals surface area contributed by atoms with Gasteiger partial charge in [0.2, 0.25) is 0 Å². The molecule has 0 spiro atoms. The zero-order valence-electron chi connectivity index (χ0n) is 9.22. The predicted octanol–water partition coefficient (Wildman–Crippen LogP) is 2.66. The van der Waals surface area contributed by atoms with Crippen molar-refractivity contribution < 1.29 is 9.53 Å². The summed E-state index contributed by atoms with van der Waals surface area (Å²) in [5.74, 6) is 1.38. The molecule has 0 amide bonds. The Kier molecular flexibility index (Phi) is 4.43. The van der Waals surface area contributed by atoms with Crippen LogP contribution in [0.4, 0.5) is 0 Å². The zero-order valence-corrected chi connectivity index (χ0v) is 10.9. The first-order valence-corrected chi connectivity index (χ1v) is 7.86. The predicted molar refractivity (Wildman–Crippen MR) is 64.9 cm³/mol. The number of rotatable bonds is 4. The van der Waals surface area contributed by atoms with E-state index < -0.39 is 0 Å². The van der Waals surface area contributed by atoms with Crippen LogP contribution in [-0.2, 0) is 4.79 Å². The van der Waals surface area contributed by atoms with Gasteiger partial charge in [0.05, 0.1) is 0 Å². The van der Waals surface area contributed by atoms with Gasteiger partial charge in [-0.05, 0) is 0 Å². The Bertz CT molecular complexity index is 337. The molecule has 0 N–H and O–H groups in total. The Morgan fingerprint density at radius 2 is 2.12 bits per heavy atom. The quantitative estimate of drug-likeness (QED) is 0.794. The molecule has 1 unspecified atom stereocenters. The van der Waals surface area contributed by atoms with Crippen LogP contribution < -0.4 is 4.74 Å². The van der Waals surface area contributed by atoms with Gasteiger partial charge in [-0.25, -0.2) is 0 Å². The van der Waals surface area contributed by atoms with Gasteiger partial charge in [0.1, 0.15) is 0 Å². The van der Waals surface area contributed by atoms with E-state index in [9.17, 15) is 4.79 Å². The molecule has 1 saturated carbocycles. The zero-order chi connectivity index (χ0) is 11.2. The van der Waals surface area contributed by atoms with E-state index in [2.05, 4.69) is 0 Å². The average Bonchev–Trinajstić information content (AvgIpc) is 2.30. The molecular formula is C13H16O2Se. The van der Waals surface area contributed by atoms with E-state index >= 15 is 0 Å². The molecule has 0 aliphatic heterocycles. The van der Waals surface area contributed by atoms with Crippen LogP contribution in [0.1, 0.15) is 25.7 Å². The number of para-hydroxylation sites is 1. The average molecular weight is 283 g/mol. The number of benzene rings is 1. The van der Waals surface area contributed by atoms with Crippen LogP contribution in [0.5, 0.6) is 5.75 Å². The molecule has 1 aliphatic carbocycles. The number of ether oxygens (including phenoxy) is 1. The Hall–Kier alpha value is -0.791. The van der Waals surface area contributed by atoms with E-state index in [0.717, 1.165) is 30.5 Å². The molecular weight excluding hydrogens is 267 g/mol. The summed E-state index contributed by atoms with van der Waals surface area (Å²) in [5, 5.41) is 0. The van der Waals surface area contributed by atoms with Crippen LogP contribution in [-0.4, -0.2) is 26.2 Å². The van der Waals surface area contributed by atoms with Gasteiger partial charge in [0.25, 0.3) is 0 Å². The van der Waals surface area contributed by atoms with Gasteiger partial charge in [0.15, 0.2) is 0 Å². The third-order valence-electron chi connectivity index (χ3n) is 2.71. The monoisotopic (exact) mass is 284 g/mol. The minimum atomic E-state index is 0.436. The summed E-state index contributed by atoms with van der Waals surface area (Å²) in [7, 11) is 0. The van der Waals surface area contributed by atoms with Crippen molar-refractivity contribution in [2.75, 3.05) is 5.51 Å². The van der Waals surface area contributed by atoms with Crippen LogP contribution >= 0.6 is 0 Å². The van der Waals surface area contributed by atoms with Gasteiger partial charge < -0.3 is 0 Å².